The number of rotatable bonds is 6. The van der Waals surface area contributed by atoms with E-state index in [1.54, 1.807) is 11.3 Å². The fourth-order valence-electron chi connectivity index (χ4n) is 1.58. The molecule has 0 saturated carbocycles. The molecule has 0 unspecified atom stereocenters. The molecule has 4 heteroatoms. The summed E-state index contributed by atoms with van der Waals surface area (Å²) in [5, 5.41) is 12.0. The van der Waals surface area contributed by atoms with E-state index in [0.717, 1.165) is 26.1 Å². The Bertz CT molecular complexity index is 406. The van der Waals surface area contributed by atoms with Gasteiger partial charge in [-0.1, -0.05) is 0 Å². The zero-order valence-electron chi connectivity index (χ0n) is 9.52. The van der Waals surface area contributed by atoms with E-state index >= 15 is 0 Å². The summed E-state index contributed by atoms with van der Waals surface area (Å²) in [6.45, 7) is 5.02. The van der Waals surface area contributed by atoms with Gasteiger partial charge in [-0.15, -0.1) is 0 Å². The lowest BCUT2D eigenvalue weighted by molar-refractivity contribution is 0.556. The van der Waals surface area contributed by atoms with Crippen LogP contribution in [0.15, 0.2) is 29.2 Å². The van der Waals surface area contributed by atoms with E-state index in [-0.39, 0.29) is 0 Å². The van der Waals surface area contributed by atoms with Crippen LogP contribution in [0.1, 0.15) is 11.1 Å². The SMILES string of the molecule is Cc1cnn(CCNCCc2ccsc2)c1. The second-order valence-electron chi connectivity index (χ2n) is 3.91. The van der Waals surface area contributed by atoms with Gasteiger partial charge in [0.05, 0.1) is 12.7 Å². The molecule has 2 heterocycles. The summed E-state index contributed by atoms with van der Waals surface area (Å²) in [5.74, 6) is 0. The molecule has 0 fully saturated rings. The van der Waals surface area contributed by atoms with Gasteiger partial charge in [-0.3, -0.25) is 4.68 Å². The molecule has 2 rings (SSSR count). The molecule has 0 bridgehead atoms. The van der Waals surface area contributed by atoms with Gasteiger partial charge in [0.25, 0.3) is 0 Å². The quantitative estimate of drug-likeness (QED) is 0.777. The zero-order chi connectivity index (χ0) is 11.2. The molecule has 0 spiro atoms. The summed E-state index contributed by atoms with van der Waals surface area (Å²) in [6.07, 6.45) is 5.08. The van der Waals surface area contributed by atoms with Gasteiger partial charge in [0, 0.05) is 12.7 Å². The van der Waals surface area contributed by atoms with Gasteiger partial charge in [0.2, 0.25) is 0 Å². The van der Waals surface area contributed by atoms with Crippen LogP contribution >= 0.6 is 11.3 Å². The summed E-state index contributed by atoms with van der Waals surface area (Å²) in [4.78, 5) is 0. The van der Waals surface area contributed by atoms with E-state index in [2.05, 4.69) is 40.4 Å². The highest BCUT2D eigenvalue weighted by molar-refractivity contribution is 7.07. The highest BCUT2D eigenvalue weighted by Gasteiger charge is 1.95. The first-order valence-corrected chi connectivity index (χ1v) is 6.50. The van der Waals surface area contributed by atoms with Crippen molar-refractivity contribution in [3.05, 3.63) is 40.3 Å². The van der Waals surface area contributed by atoms with Crippen LogP contribution in [-0.2, 0) is 13.0 Å². The molecule has 3 nitrogen and oxygen atoms in total. The Kier molecular flexibility index (Phi) is 4.13. The third-order valence-electron chi connectivity index (χ3n) is 2.45. The third-order valence-corrected chi connectivity index (χ3v) is 3.18. The maximum atomic E-state index is 4.24. The van der Waals surface area contributed by atoms with Crippen molar-refractivity contribution in [3.8, 4) is 0 Å². The molecule has 0 saturated heterocycles. The van der Waals surface area contributed by atoms with E-state index in [0.29, 0.717) is 0 Å². The fourth-order valence-corrected chi connectivity index (χ4v) is 2.28. The second kappa shape index (κ2) is 5.82. The van der Waals surface area contributed by atoms with Crippen LogP contribution in [-0.4, -0.2) is 22.9 Å². The molecule has 0 aliphatic heterocycles. The molecular weight excluding hydrogens is 218 g/mol. The van der Waals surface area contributed by atoms with Crippen LogP contribution < -0.4 is 5.32 Å². The van der Waals surface area contributed by atoms with Gasteiger partial charge in [-0.25, -0.2) is 0 Å². The summed E-state index contributed by atoms with van der Waals surface area (Å²) in [5.41, 5.74) is 2.64. The molecule has 86 valence electrons. The minimum absolute atomic E-state index is 0.942. The number of nitrogens with one attached hydrogen (secondary N) is 1. The predicted molar refractivity (Wildman–Crippen MR) is 67.9 cm³/mol. The molecule has 0 radical (unpaired) electrons. The van der Waals surface area contributed by atoms with Crippen molar-refractivity contribution < 1.29 is 0 Å². The summed E-state index contributed by atoms with van der Waals surface area (Å²) in [7, 11) is 0. The fraction of sp³-hybridized carbons (Fsp3) is 0.417. The number of hydrogen-bond donors (Lipinski definition) is 1. The van der Waals surface area contributed by atoms with E-state index < -0.39 is 0 Å². The van der Waals surface area contributed by atoms with Crippen molar-refractivity contribution in [2.75, 3.05) is 13.1 Å². The van der Waals surface area contributed by atoms with Crippen molar-refractivity contribution >= 4 is 11.3 Å². The third kappa shape index (κ3) is 3.47. The highest BCUT2D eigenvalue weighted by Crippen LogP contribution is 2.05. The first kappa shape index (κ1) is 11.4. The van der Waals surface area contributed by atoms with Gasteiger partial charge in [-0.05, 0) is 47.8 Å². The molecular formula is C12H17N3S. The van der Waals surface area contributed by atoms with Crippen molar-refractivity contribution in [1.29, 1.82) is 0 Å². The number of aromatic nitrogens is 2. The largest absolute Gasteiger partial charge is 0.315 e. The van der Waals surface area contributed by atoms with Crippen LogP contribution in [0.2, 0.25) is 0 Å². The Morgan fingerprint density at radius 1 is 1.44 bits per heavy atom. The van der Waals surface area contributed by atoms with E-state index in [1.165, 1.54) is 11.1 Å². The maximum Gasteiger partial charge on any atom is 0.0534 e. The van der Waals surface area contributed by atoms with Gasteiger partial charge < -0.3 is 5.32 Å². The van der Waals surface area contributed by atoms with Gasteiger partial charge >= 0.3 is 0 Å². The zero-order valence-corrected chi connectivity index (χ0v) is 10.3. The molecule has 16 heavy (non-hydrogen) atoms. The molecule has 0 aromatic carbocycles. The summed E-state index contributed by atoms with van der Waals surface area (Å²) >= 11 is 1.76. The monoisotopic (exact) mass is 235 g/mol. The molecule has 2 aromatic heterocycles. The smallest absolute Gasteiger partial charge is 0.0534 e. The Morgan fingerprint density at radius 3 is 3.06 bits per heavy atom. The van der Waals surface area contributed by atoms with E-state index in [9.17, 15) is 0 Å². The normalized spacial score (nSPS) is 10.8. The lowest BCUT2D eigenvalue weighted by Gasteiger charge is -2.03. The van der Waals surface area contributed by atoms with Gasteiger partial charge in [0.15, 0.2) is 0 Å². The van der Waals surface area contributed by atoms with Crippen molar-refractivity contribution in [3.63, 3.8) is 0 Å². The van der Waals surface area contributed by atoms with Crippen LogP contribution in [0, 0.1) is 6.92 Å². The molecule has 2 aromatic rings. The van der Waals surface area contributed by atoms with Gasteiger partial charge in [0.1, 0.15) is 0 Å². The average Bonchev–Trinajstić information content (AvgIpc) is 2.89. The summed E-state index contributed by atoms with van der Waals surface area (Å²) in [6, 6.07) is 2.18. The molecule has 0 aliphatic carbocycles. The van der Waals surface area contributed by atoms with Crippen molar-refractivity contribution in [2.45, 2.75) is 19.9 Å². The Labute approximate surface area is 100 Å². The number of nitrogens with zero attached hydrogens (tertiary/aromatic N) is 2. The van der Waals surface area contributed by atoms with Crippen LogP contribution in [0.4, 0.5) is 0 Å². The molecule has 0 aliphatic rings. The predicted octanol–water partition coefficient (Wildman–Crippen LogP) is 2.09. The van der Waals surface area contributed by atoms with Crippen molar-refractivity contribution in [1.82, 2.24) is 15.1 Å². The van der Waals surface area contributed by atoms with E-state index in [4.69, 9.17) is 0 Å². The Hall–Kier alpha value is -1.13. The van der Waals surface area contributed by atoms with Crippen LogP contribution in [0.5, 0.6) is 0 Å². The van der Waals surface area contributed by atoms with Gasteiger partial charge in [-0.2, -0.15) is 16.4 Å². The number of aryl methyl sites for hydroxylation is 1. The lowest BCUT2D eigenvalue weighted by atomic mass is 10.2. The lowest BCUT2D eigenvalue weighted by Crippen LogP contribution is -2.22. The Morgan fingerprint density at radius 2 is 2.38 bits per heavy atom. The molecule has 0 amide bonds. The molecule has 1 N–H and O–H groups in total. The standard InChI is InChI=1S/C12H17N3S/c1-11-8-14-15(9-11)6-5-13-4-2-12-3-7-16-10-12/h3,7-10,13H,2,4-6H2,1H3. The number of thiophene rings is 1. The Balaban J connectivity index is 1.59. The maximum absolute atomic E-state index is 4.24. The van der Waals surface area contributed by atoms with Crippen LogP contribution in [0.25, 0.3) is 0 Å². The average molecular weight is 235 g/mol. The summed E-state index contributed by atoms with van der Waals surface area (Å²) < 4.78 is 1.98. The van der Waals surface area contributed by atoms with Crippen LogP contribution in [0.3, 0.4) is 0 Å². The van der Waals surface area contributed by atoms with E-state index in [1.807, 2.05) is 10.9 Å². The minimum atomic E-state index is 0.942. The number of hydrogen-bond acceptors (Lipinski definition) is 3. The first-order chi connectivity index (χ1) is 7.84. The van der Waals surface area contributed by atoms with Crippen molar-refractivity contribution in [2.24, 2.45) is 0 Å². The minimum Gasteiger partial charge on any atom is -0.315 e. The molecule has 0 atom stereocenters. The first-order valence-electron chi connectivity index (χ1n) is 5.55. The highest BCUT2D eigenvalue weighted by atomic mass is 32.1. The topological polar surface area (TPSA) is 29.9 Å². The second-order valence-corrected chi connectivity index (χ2v) is 4.69.